The van der Waals surface area contributed by atoms with Gasteiger partial charge in [0.15, 0.2) is 0 Å². The Morgan fingerprint density at radius 2 is 0.750 bits per heavy atom. The molecule has 0 aromatic rings. The van der Waals surface area contributed by atoms with Gasteiger partial charge in [-0.25, -0.2) is 0 Å². The molecule has 0 aliphatic rings. The number of hydrogen-bond donors (Lipinski definition) is 0. The highest BCUT2D eigenvalue weighted by atomic mass is 33.1. The van der Waals surface area contributed by atoms with Crippen molar-refractivity contribution in [3.05, 3.63) is 0 Å². The zero-order chi connectivity index (χ0) is 23.9. The highest BCUT2D eigenvalue weighted by Crippen LogP contribution is 2.39. The smallest absolute Gasteiger partial charge is 0.0980 e. The molecule has 0 saturated heterocycles. The predicted molar refractivity (Wildman–Crippen MR) is 158 cm³/mol. The first-order valence-corrected chi connectivity index (χ1v) is 21.1. The molecule has 0 amide bonds. The molecule has 2 nitrogen and oxygen atoms in total. The van der Waals surface area contributed by atoms with Crippen LogP contribution in [-0.2, 0) is 9.47 Å². The lowest BCUT2D eigenvalue weighted by Crippen LogP contribution is -2.33. The highest BCUT2D eigenvalue weighted by molar-refractivity contribution is 8.77. The minimum absolute atomic E-state index is 0.461. The molecule has 0 aromatic carbocycles. The van der Waals surface area contributed by atoms with Crippen LogP contribution in [0.3, 0.4) is 0 Å². The van der Waals surface area contributed by atoms with E-state index in [0.717, 1.165) is 13.2 Å². The Labute approximate surface area is 214 Å². The molecule has 0 bridgehead atoms. The maximum absolute atomic E-state index is 6.43. The molecule has 0 aliphatic heterocycles. The van der Waals surface area contributed by atoms with Gasteiger partial charge in [-0.1, -0.05) is 151 Å². The Morgan fingerprint density at radius 3 is 0.969 bits per heavy atom. The molecular weight excluding hydrogens is 465 g/mol. The summed E-state index contributed by atoms with van der Waals surface area (Å²) in [5.74, 6) is 0. The Hall–Kier alpha value is 1.05. The predicted octanol–water partition coefficient (Wildman–Crippen LogP) is 9.39. The summed E-state index contributed by atoms with van der Waals surface area (Å²) < 4.78 is 12.9. The average Bonchev–Trinajstić information content (AvgIpc) is 2.79. The highest BCUT2D eigenvalue weighted by Gasteiger charge is 2.29. The molecule has 0 rings (SSSR count). The molecule has 0 spiro atoms. The zero-order valence-corrected chi connectivity index (χ0v) is 26.6. The molecule has 0 radical (unpaired) electrons. The van der Waals surface area contributed by atoms with Crippen LogP contribution in [0.1, 0.15) is 119 Å². The van der Waals surface area contributed by atoms with Gasteiger partial charge in [0, 0.05) is 13.2 Å². The Kier molecular flexibility index (Phi) is 26.0. The van der Waals surface area contributed by atoms with E-state index in [1.165, 1.54) is 101 Å². The van der Waals surface area contributed by atoms with E-state index in [-0.39, 0.29) is 0 Å². The number of unbranched alkanes of at least 4 members (excludes halogenated alkanes) is 8. The minimum Gasteiger partial charge on any atom is -0.371 e. The number of rotatable bonds is 25. The van der Waals surface area contributed by atoms with Gasteiger partial charge in [0.25, 0.3) is 0 Å². The maximum atomic E-state index is 6.43. The van der Waals surface area contributed by atoms with Gasteiger partial charge in [0.2, 0.25) is 0 Å². The fraction of sp³-hybridized carbons (Fsp3) is 1.00. The Balaban J connectivity index is 5.13. The van der Waals surface area contributed by atoms with Crippen molar-refractivity contribution in [1.82, 2.24) is 0 Å². The molecule has 0 N–H and O–H groups in total. The Morgan fingerprint density at radius 1 is 0.469 bits per heavy atom. The van der Waals surface area contributed by atoms with Gasteiger partial charge in [0.05, 0.1) is 27.7 Å². The second-order valence-corrected chi connectivity index (χ2v) is 19.3. The van der Waals surface area contributed by atoms with Crippen molar-refractivity contribution >= 4 is 39.2 Å². The lowest BCUT2D eigenvalue weighted by atomic mass is 10.3. The van der Waals surface area contributed by atoms with E-state index in [9.17, 15) is 0 Å². The fourth-order valence-corrected chi connectivity index (χ4v) is 18.7. The standard InChI is InChI=1S/C26H58O2S2Si2/c1-7-13-17-21-31(22-18-14-8-2)25(27-11-5)29-30-26(28-12-6)32(23-19-15-9-3)24-20-16-10-4/h25-26,31-32H,7-24H2,1-6H3. The van der Waals surface area contributed by atoms with Crippen LogP contribution in [0.2, 0.25) is 24.2 Å². The first-order valence-electron chi connectivity index (χ1n) is 14.2. The van der Waals surface area contributed by atoms with Gasteiger partial charge < -0.3 is 9.47 Å². The SMILES string of the molecule is CCCCC[SiH](CCCCC)C(OCC)SSC(OCC)[SiH](CCCCC)CCCCC. The Bertz CT molecular complexity index is 324. The number of hydrogen-bond acceptors (Lipinski definition) is 4. The summed E-state index contributed by atoms with van der Waals surface area (Å²) in [6.45, 7) is 15.4. The first-order chi connectivity index (χ1) is 15.7. The monoisotopic (exact) mass is 522 g/mol. The van der Waals surface area contributed by atoms with Gasteiger partial charge in [-0.2, -0.15) is 0 Å². The van der Waals surface area contributed by atoms with Crippen molar-refractivity contribution in [2.75, 3.05) is 13.2 Å². The van der Waals surface area contributed by atoms with Crippen LogP contribution in [0.25, 0.3) is 0 Å². The summed E-state index contributed by atoms with van der Waals surface area (Å²) >= 11 is 0. The maximum Gasteiger partial charge on any atom is 0.0980 e. The van der Waals surface area contributed by atoms with E-state index in [1.54, 1.807) is 0 Å². The van der Waals surface area contributed by atoms with E-state index in [4.69, 9.17) is 9.47 Å². The molecule has 2 atom stereocenters. The lowest BCUT2D eigenvalue weighted by Gasteiger charge is -2.29. The third kappa shape index (κ3) is 17.5. The summed E-state index contributed by atoms with van der Waals surface area (Å²) in [6, 6.07) is 5.84. The fourth-order valence-electron chi connectivity index (χ4n) is 4.38. The zero-order valence-electron chi connectivity index (χ0n) is 22.7. The molecule has 0 aromatic heterocycles. The van der Waals surface area contributed by atoms with Crippen molar-refractivity contribution in [1.29, 1.82) is 0 Å². The van der Waals surface area contributed by atoms with Gasteiger partial charge in [-0.05, 0) is 13.8 Å². The first kappa shape index (κ1) is 33.1. The quantitative estimate of drug-likeness (QED) is 0.0514. The molecule has 0 fully saturated rings. The van der Waals surface area contributed by atoms with E-state index >= 15 is 0 Å². The van der Waals surface area contributed by atoms with Crippen molar-refractivity contribution < 1.29 is 9.47 Å². The molecule has 194 valence electrons. The van der Waals surface area contributed by atoms with Crippen LogP contribution in [0.5, 0.6) is 0 Å². The van der Waals surface area contributed by atoms with Crippen LogP contribution < -0.4 is 0 Å². The van der Waals surface area contributed by atoms with Crippen molar-refractivity contribution in [3.8, 4) is 0 Å². The second-order valence-electron chi connectivity index (χ2n) is 9.34. The van der Waals surface area contributed by atoms with Crippen molar-refractivity contribution in [2.24, 2.45) is 0 Å². The molecular formula is C26H58O2S2Si2. The van der Waals surface area contributed by atoms with E-state index < -0.39 is 17.6 Å². The molecule has 2 unspecified atom stereocenters. The van der Waals surface area contributed by atoms with Crippen LogP contribution in [0.4, 0.5) is 0 Å². The van der Waals surface area contributed by atoms with Crippen molar-refractivity contribution in [2.45, 2.75) is 153 Å². The van der Waals surface area contributed by atoms with E-state index in [1.807, 2.05) is 0 Å². The molecule has 0 heterocycles. The minimum atomic E-state index is -0.915. The normalized spacial score (nSPS) is 13.9. The van der Waals surface area contributed by atoms with Crippen LogP contribution >= 0.6 is 21.6 Å². The summed E-state index contributed by atoms with van der Waals surface area (Å²) in [5.41, 5.74) is 0. The van der Waals surface area contributed by atoms with Gasteiger partial charge in [-0.15, -0.1) is 0 Å². The third-order valence-electron chi connectivity index (χ3n) is 6.39. The van der Waals surface area contributed by atoms with E-state index in [2.05, 4.69) is 63.1 Å². The topological polar surface area (TPSA) is 18.5 Å². The summed E-state index contributed by atoms with van der Waals surface area (Å²) in [6.07, 6.45) is 16.5. The van der Waals surface area contributed by atoms with Crippen molar-refractivity contribution in [3.63, 3.8) is 0 Å². The largest absolute Gasteiger partial charge is 0.371 e. The van der Waals surface area contributed by atoms with Gasteiger partial charge in [0.1, 0.15) is 0 Å². The lowest BCUT2D eigenvalue weighted by molar-refractivity contribution is 0.166. The van der Waals surface area contributed by atoms with Gasteiger partial charge >= 0.3 is 0 Å². The molecule has 6 heteroatoms. The van der Waals surface area contributed by atoms with Crippen LogP contribution in [-0.4, -0.2) is 40.9 Å². The molecule has 0 saturated carbocycles. The summed E-state index contributed by atoms with van der Waals surface area (Å²) in [5, 5.41) is 0.921. The molecule has 0 aliphatic carbocycles. The number of ether oxygens (including phenoxy) is 2. The average molecular weight is 523 g/mol. The summed E-state index contributed by atoms with van der Waals surface area (Å²) in [4.78, 5) is 0. The van der Waals surface area contributed by atoms with Crippen LogP contribution in [0.15, 0.2) is 0 Å². The van der Waals surface area contributed by atoms with E-state index in [0.29, 0.717) is 10.1 Å². The third-order valence-corrected chi connectivity index (χ3v) is 19.5. The molecule has 32 heavy (non-hydrogen) atoms. The van der Waals surface area contributed by atoms with Crippen LogP contribution in [0, 0.1) is 0 Å². The van der Waals surface area contributed by atoms with Gasteiger partial charge in [-0.3, -0.25) is 0 Å². The second kappa shape index (κ2) is 25.2. The summed E-state index contributed by atoms with van der Waals surface area (Å²) in [7, 11) is 2.35.